The summed E-state index contributed by atoms with van der Waals surface area (Å²) in [6, 6.07) is 61.3. The van der Waals surface area contributed by atoms with Crippen LogP contribution in [0.4, 0.5) is 17.1 Å². The van der Waals surface area contributed by atoms with E-state index in [0.717, 1.165) is 62.1 Å². The number of rotatable bonds is 6. The Morgan fingerprint density at radius 1 is 0.467 bits per heavy atom. The lowest BCUT2D eigenvalue weighted by atomic mass is 9.64. The minimum Gasteiger partial charge on any atom is -0.457 e. The molecule has 0 aliphatic carbocycles. The molecule has 0 spiro atoms. The summed E-state index contributed by atoms with van der Waals surface area (Å²) in [5.41, 5.74) is 9.31. The molecule has 3 nitrogen and oxygen atoms in total. The zero-order valence-corrected chi connectivity index (χ0v) is 24.6. The largest absolute Gasteiger partial charge is 0.457 e. The highest BCUT2D eigenvalue weighted by molar-refractivity contribution is 5.89. The maximum absolute atomic E-state index is 6.59. The predicted molar refractivity (Wildman–Crippen MR) is 183 cm³/mol. The van der Waals surface area contributed by atoms with Crippen LogP contribution in [-0.2, 0) is 5.41 Å². The van der Waals surface area contributed by atoms with Gasteiger partial charge < -0.3 is 9.64 Å². The number of aromatic nitrogens is 1. The van der Waals surface area contributed by atoms with Gasteiger partial charge in [-0.2, -0.15) is 0 Å². The molecule has 0 atom stereocenters. The van der Waals surface area contributed by atoms with E-state index in [0.29, 0.717) is 0 Å². The van der Waals surface area contributed by atoms with Crippen LogP contribution in [0.5, 0.6) is 11.5 Å². The van der Waals surface area contributed by atoms with Gasteiger partial charge in [0.25, 0.3) is 0 Å². The Balaban J connectivity index is 1.33. The average molecular weight is 579 g/mol. The van der Waals surface area contributed by atoms with Crippen molar-refractivity contribution >= 4 is 17.1 Å². The molecule has 1 aromatic heterocycles. The van der Waals surface area contributed by atoms with E-state index in [1.165, 1.54) is 0 Å². The molecule has 0 bridgehead atoms. The van der Waals surface area contributed by atoms with Crippen LogP contribution in [0.25, 0.3) is 11.1 Å². The molecule has 214 valence electrons. The van der Waals surface area contributed by atoms with Crippen LogP contribution in [-0.4, -0.2) is 4.98 Å². The van der Waals surface area contributed by atoms with Crippen molar-refractivity contribution in [2.45, 2.75) is 5.41 Å². The van der Waals surface area contributed by atoms with Crippen molar-refractivity contribution in [1.82, 2.24) is 4.98 Å². The number of anilines is 3. The first-order valence-corrected chi connectivity index (χ1v) is 15.2. The van der Waals surface area contributed by atoms with Gasteiger partial charge in [-0.25, -0.2) is 0 Å². The second-order valence-corrected chi connectivity index (χ2v) is 11.2. The van der Waals surface area contributed by atoms with Crippen LogP contribution < -0.4 is 9.64 Å². The fourth-order valence-corrected chi connectivity index (χ4v) is 6.72. The lowest BCUT2D eigenvalue weighted by Crippen LogP contribution is -2.38. The Labute approximate surface area is 263 Å². The number of benzene rings is 6. The standard InChI is InChI=1S/C42H30N2O/c1-3-15-31(16-4-1)32-17-13-21-35(29-32)45-36-22-14-18-33(30-36)42(41-27-11-12-28-43-41)37-23-7-9-25-39(37)44(34-19-5-2-6-20-34)40-26-10-8-24-38(40)42/h1-30H. The van der Waals surface area contributed by atoms with E-state index in [1.54, 1.807) is 0 Å². The molecule has 0 fully saturated rings. The number of hydrogen-bond donors (Lipinski definition) is 0. The van der Waals surface area contributed by atoms with Crippen molar-refractivity contribution in [2.24, 2.45) is 0 Å². The average Bonchev–Trinajstić information content (AvgIpc) is 3.12. The second kappa shape index (κ2) is 11.3. The SMILES string of the molecule is c1ccc(-c2cccc(Oc3cccc(C4(c5ccccn5)c5ccccc5N(c5ccccc5)c5ccccc54)c3)c2)cc1. The molecule has 8 rings (SSSR count). The van der Waals surface area contributed by atoms with Crippen molar-refractivity contribution in [3.05, 3.63) is 205 Å². The summed E-state index contributed by atoms with van der Waals surface area (Å²) >= 11 is 0. The van der Waals surface area contributed by atoms with Gasteiger partial charge in [-0.15, -0.1) is 0 Å². The zero-order chi connectivity index (χ0) is 30.1. The normalized spacial score (nSPS) is 13.0. The van der Waals surface area contributed by atoms with Gasteiger partial charge in [0.05, 0.1) is 22.5 Å². The summed E-state index contributed by atoms with van der Waals surface area (Å²) in [6.07, 6.45) is 1.89. The highest BCUT2D eigenvalue weighted by Crippen LogP contribution is 2.57. The second-order valence-electron chi connectivity index (χ2n) is 11.2. The third-order valence-corrected chi connectivity index (χ3v) is 8.61. The number of nitrogens with zero attached hydrogens (tertiary/aromatic N) is 2. The Hall–Kier alpha value is -5.93. The molecule has 6 aromatic carbocycles. The summed E-state index contributed by atoms with van der Waals surface area (Å²) in [7, 11) is 0. The van der Waals surface area contributed by atoms with Gasteiger partial charge in [0.1, 0.15) is 11.5 Å². The lowest BCUT2D eigenvalue weighted by Gasteiger charge is -2.45. The van der Waals surface area contributed by atoms with E-state index in [1.807, 2.05) is 36.5 Å². The van der Waals surface area contributed by atoms with Crippen LogP contribution in [0.15, 0.2) is 182 Å². The summed E-state index contributed by atoms with van der Waals surface area (Å²) in [5, 5.41) is 0. The van der Waals surface area contributed by atoms with Crippen LogP contribution in [0.2, 0.25) is 0 Å². The van der Waals surface area contributed by atoms with Crippen molar-refractivity contribution in [1.29, 1.82) is 0 Å². The number of hydrogen-bond acceptors (Lipinski definition) is 3. The molecule has 0 saturated carbocycles. The summed E-state index contributed by atoms with van der Waals surface area (Å²) in [4.78, 5) is 7.41. The van der Waals surface area contributed by atoms with E-state index in [-0.39, 0.29) is 0 Å². The predicted octanol–water partition coefficient (Wildman–Crippen LogP) is 10.7. The molecule has 0 amide bonds. The van der Waals surface area contributed by atoms with Gasteiger partial charge in [0.15, 0.2) is 0 Å². The van der Waals surface area contributed by atoms with Crippen LogP contribution in [0.3, 0.4) is 0 Å². The van der Waals surface area contributed by atoms with Gasteiger partial charge in [0.2, 0.25) is 0 Å². The number of ether oxygens (including phenoxy) is 1. The zero-order valence-electron chi connectivity index (χ0n) is 24.6. The molecular weight excluding hydrogens is 548 g/mol. The highest BCUT2D eigenvalue weighted by atomic mass is 16.5. The van der Waals surface area contributed by atoms with Crippen molar-refractivity contribution < 1.29 is 4.74 Å². The summed E-state index contributed by atoms with van der Waals surface area (Å²) in [5.74, 6) is 1.56. The summed E-state index contributed by atoms with van der Waals surface area (Å²) in [6.45, 7) is 0. The fraction of sp³-hybridized carbons (Fsp3) is 0.0238. The molecule has 1 aliphatic heterocycles. The minimum absolute atomic E-state index is 0.690. The Kier molecular flexibility index (Phi) is 6.69. The first kappa shape index (κ1) is 26.7. The highest BCUT2D eigenvalue weighted by Gasteiger charge is 2.47. The Bertz CT molecular complexity index is 2040. The molecule has 45 heavy (non-hydrogen) atoms. The van der Waals surface area contributed by atoms with E-state index in [4.69, 9.17) is 9.72 Å². The quantitative estimate of drug-likeness (QED) is 0.196. The number of fused-ring (bicyclic) bond motifs is 2. The molecule has 0 unspecified atom stereocenters. The first-order valence-electron chi connectivity index (χ1n) is 15.2. The molecule has 3 heteroatoms. The molecule has 0 radical (unpaired) electrons. The smallest absolute Gasteiger partial charge is 0.128 e. The van der Waals surface area contributed by atoms with Gasteiger partial charge in [0, 0.05) is 11.9 Å². The van der Waals surface area contributed by atoms with Crippen LogP contribution in [0, 0.1) is 0 Å². The lowest BCUT2D eigenvalue weighted by molar-refractivity contribution is 0.481. The van der Waals surface area contributed by atoms with Gasteiger partial charge in [-0.3, -0.25) is 4.98 Å². The third-order valence-electron chi connectivity index (χ3n) is 8.61. The minimum atomic E-state index is -0.690. The topological polar surface area (TPSA) is 25.4 Å². The van der Waals surface area contributed by atoms with Crippen molar-refractivity contribution in [3.63, 3.8) is 0 Å². The molecule has 7 aromatic rings. The van der Waals surface area contributed by atoms with Crippen molar-refractivity contribution in [3.8, 4) is 22.6 Å². The molecule has 0 N–H and O–H groups in total. The summed E-state index contributed by atoms with van der Waals surface area (Å²) < 4.78 is 6.59. The van der Waals surface area contributed by atoms with Crippen molar-refractivity contribution in [2.75, 3.05) is 4.90 Å². The van der Waals surface area contributed by atoms with E-state index in [2.05, 4.69) is 150 Å². The molecule has 0 saturated heterocycles. The Morgan fingerprint density at radius 3 is 1.73 bits per heavy atom. The fourth-order valence-electron chi connectivity index (χ4n) is 6.72. The van der Waals surface area contributed by atoms with E-state index in [9.17, 15) is 0 Å². The van der Waals surface area contributed by atoms with Gasteiger partial charge >= 0.3 is 0 Å². The van der Waals surface area contributed by atoms with E-state index < -0.39 is 5.41 Å². The van der Waals surface area contributed by atoms with Crippen LogP contribution in [0.1, 0.15) is 22.4 Å². The molecule has 1 aliphatic rings. The maximum atomic E-state index is 6.59. The molecular formula is C42H30N2O. The van der Waals surface area contributed by atoms with Crippen LogP contribution >= 0.6 is 0 Å². The number of para-hydroxylation sites is 3. The first-order chi connectivity index (χ1) is 22.3. The third kappa shape index (κ3) is 4.57. The number of pyridine rings is 1. The monoisotopic (exact) mass is 578 g/mol. The Morgan fingerprint density at radius 2 is 1.04 bits per heavy atom. The maximum Gasteiger partial charge on any atom is 0.128 e. The van der Waals surface area contributed by atoms with Gasteiger partial charge in [-0.05, 0) is 88.5 Å². The van der Waals surface area contributed by atoms with E-state index >= 15 is 0 Å². The van der Waals surface area contributed by atoms with Gasteiger partial charge in [-0.1, -0.05) is 115 Å². The molecule has 2 heterocycles.